The number of rotatable bonds is 6. The van der Waals surface area contributed by atoms with Crippen LogP contribution in [0.4, 0.5) is 5.69 Å². The Kier molecular flexibility index (Phi) is 6.43. The Bertz CT molecular complexity index is 1280. The Labute approximate surface area is 227 Å². The first-order valence-corrected chi connectivity index (χ1v) is 14.5. The van der Waals surface area contributed by atoms with Crippen LogP contribution < -0.4 is 10.6 Å². The van der Waals surface area contributed by atoms with Crippen molar-refractivity contribution in [2.75, 3.05) is 5.32 Å². The Hall–Kier alpha value is -2.97. The number of hydrogen-bond acceptors (Lipinski definition) is 5. The SMILES string of the molecule is Cc1cccc(NC(=O)C2[C@H]3C=CC4(O3)C(C(=O)NC3CCCC(C)C3C)N(Cc3cccs3)C(=O)[C@@H]24)c1. The van der Waals surface area contributed by atoms with Gasteiger partial charge in [0.2, 0.25) is 17.7 Å². The molecule has 0 radical (unpaired) electrons. The van der Waals surface area contributed by atoms with Crippen LogP contribution in [0.5, 0.6) is 0 Å². The average molecular weight is 534 g/mol. The van der Waals surface area contributed by atoms with E-state index in [1.807, 2.05) is 60.9 Å². The van der Waals surface area contributed by atoms with Crippen molar-refractivity contribution in [3.63, 3.8) is 0 Å². The van der Waals surface area contributed by atoms with E-state index in [-0.39, 0.29) is 23.8 Å². The lowest BCUT2D eigenvalue weighted by Gasteiger charge is -2.38. The first-order chi connectivity index (χ1) is 18.3. The molecule has 8 atom stereocenters. The van der Waals surface area contributed by atoms with Crippen LogP contribution in [0.3, 0.4) is 0 Å². The molecule has 4 aliphatic rings. The zero-order chi connectivity index (χ0) is 26.6. The maximum atomic E-state index is 14.1. The number of carbonyl (C=O) groups excluding carboxylic acids is 3. The van der Waals surface area contributed by atoms with Gasteiger partial charge in [-0.05, 0) is 54.3 Å². The van der Waals surface area contributed by atoms with E-state index in [4.69, 9.17) is 4.74 Å². The number of amides is 3. The topological polar surface area (TPSA) is 87.7 Å². The minimum Gasteiger partial charge on any atom is -0.359 e. The molecule has 3 aliphatic heterocycles. The smallest absolute Gasteiger partial charge is 0.246 e. The highest BCUT2D eigenvalue weighted by Gasteiger charge is 2.72. The molecule has 38 heavy (non-hydrogen) atoms. The van der Waals surface area contributed by atoms with Crippen molar-refractivity contribution in [2.45, 2.75) is 70.4 Å². The maximum Gasteiger partial charge on any atom is 0.246 e. The molecule has 200 valence electrons. The highest BCUT2D eigenvalue weighted by atomic mass is 32.1. The first-order valence-electron chi connectivity index (χ1n) is 13.7. The van der Waals surface area contributed by atoms with Gasteiger partial charge in [0.15, 0.2) is 0 Å². The van der Waals surface area contributed by atoms with Gasteiger partial charge in [0, 0.05) is 16.6 Å². The third-order valence-corrected chi connectivity index (χ3v) is 10.0. The summed E-state index contributed by atoms with van der Waals surface area (Å²) >= 11 is 1.55. The lowest BCUT2D eigenvalue weighted by atomic mass is 9.73. The molecule has 1 aromatic heterocycles. The quantitative estimate of drug-likeness (QED) is 0.543. The summed E-state index contributed by atoms with van der Waals surface area (Å²) in [6, 6.07) is 10.7. The van der Waals surface area contributed by atoms with Gasteiger partial charge in [0.05, 0.1) is 24.5 Å². The van der Waals surface area contributed by atoms with Gasteiger partial charge in [-0.25, -0.2) is 0 Å². The third-order valence-electron chi connectivity index (χ3n) is 9.15. The number of fused-ring (bicyclic) bond motifs is 1. The second-order valence-electron chi connectivity index (χ2n) is 11.5. The van der Waals surface area contributed by atoms with Crippen molar-refractivity contribution in [2.24, 2.45) is 23.7 Å². The van der Waals surface area contributed by atoms with E-state index in [2.05, 4.69) is 24.5 Å². The number of ether oxygens (including phenoxy) is 1. The molecule has 2 N–H and O–H groups in total. The van der Waals surface area contributed by atoms with Crippen LogP contribution in [0.2, 0.25) is 0 Å². The molecule has 7 nitrogen and oxygen atoms in total. The van der Waals surface area contributed by atoms with Gasteiger partial charge in [0.1, 0.15) is 11.6 Å². The number of benzene rings is 1. The maximum absolute atomic E-state index is 14.1. The van der Waals surface area contributed by atoms with Crippen molar-refractivity contribution in [3.8, 4) is 0 Å². The van der Waals surface area contributed by atoms with Gasteiger partial charge in [-0.15, -0.1) is 11.3 Å². The minimum atomic E-state index is -1.15. The van der Waals surface area contributed by atoms with Gasteiger partial charge in [-0.1, -0.05) is 57.0 Å². The molecule has 4 heterocycles. The van der Waals surface area contributed by atoms with Gasteiger partial charge in [-0.2, -0.15) is 0 Å². The van der Waals surface area contributed by atoms with Gasteiger partial charge in [-0.3, -0.25) is 14.4 Å². The fraction of sp³-hybridized carbons (Fsp3) is 0.500. The summed E-state index contributed by atoms with van der Waals surface area (Å²) in [5.74, 6) is -1.20. The van der Waals surface area contributed by atoms with Crippen molar-refractivity contribution >= 4 is 34.7 Å². The number of hydrogen-bond donors (Lipinski definition) is 2. The fourth-order valence-corrected chi connectivity index (χ4v) is 7.71. The molecule has 3 amide bonds. The van der Waals surface area contributed by atoms with Gasteiger partial charge >= 0.3 is 0 Å². The van der Waals surface area contributed by atoms with Gasteiger partial charge in [0.25, 0.3) is 0 Å². The minimum absolute atomic E-state index is 0.0587. The summed E-state index contributed by atoms with van der Waals surface area (Å²) < 4.78 is 6.48. The molecule has 6 rings (SSSR count). The van der Waals surface area contributed by atoms with Crippen LogP contribution in [-0.4, -0.2) is 46.4 Å². The largest absolute Gasteiger partial charge is 0.359 e. The fourth-order valence-electron chi connectivity index (χ4n) is 7.00. The van der Waals surface area contributed by atoms with E-state index in [0.29, 0.717) is 24.1 Å². The predicted octanol–water partition coefficient (Wildman–Crippen LogP) is 4.29. The normalized spacial score (nSPS) is 35.4. The number of nitrogens with one attached hydrogen (secondary N) is 2. The number of nitrogens with zero attached hydrogens (tertiary/aromatic N) is 1. The number of anilines is 1. The van der Waals surface area contributed by atoms with Crippen molar-refractivity contribution in [3.05, 3.63) is 64.4 Å². The molecule has 1 aromatic carbocycles. The molecule has 3 fully saturated rings. The van der Waals surface area contributed by atoms with Crippen molar-refractivity contribution in [1.82, 2.24) is 10.2 Å². The molecular formula is C30H35N3O4S. The van der Waals surface area contributed by atoms with E-state index < -0.39 is 29.6 Å². The second-order valence-corrected chi connectivity index (χ2v) is 12.5. The molecule has 1 saturated carbocycles. The first kappa shape index (κ1) is 25.3. The van der Waals surface area contributed by atoms with E-state index in [1.54, 1.807) is 16.2 Å². The average Bonchev–Trinajstić information content (AvgIpc) is 3.65. The van der Waals surface area contributed by atoms with Crippen LogP contribution in [0.25, 0.3) is 0 Å². The summed E-state index contributed by atoms with van der Waals surface area (Å²) in [5.41, 5.74) is 0.568. The van der Waals surface area contributed by atoms with E-state index >= 15 is 0 Å². The van der Waals surface area contributed by atoms with Crippen LogP contribution in [-0.2, 0) is 25.7 Å². The Morgan fingerprint density at radius 1 is 1.16 bits per heavy atom. The molecule has 1 spiro atoms. The molecule has 2 saturated heterocycles. The van der Waals surface area contributed by atoms with Gasteiger partial charge < -0.3 is 20.3 Å². The number of likely N-dealkylation sites (tertiary alicyclic amines) is 1. The Balaban J connectivity index is 1.32. The molecular weight excluding hydrogens is 498 g/mol. The van der Waals surface area contributed by atoms with Crippen LogP contribution >= 0.6 is 11.3 Å². The monoisotopic (exact) mass is 533 g/mol. The Morgan fingerprint density at radius 2 is 2.00 bits per heavy atom. The van der Waals surface area contributed by atoms with Crippen molar-refractivity contribution < 1.29 is 19.1 Å². The number of aryl methyl sites for hydroxylation is 1. The Morgan fingerprint density at radius 3 is 2.76 bits per heavy atom. The number of thiophene rings is 1. The zero-order valence-electron chi connectivity index (χ0n) is 22.1. The molecule has 6 unspecified atom stereocenters. The predicted molar refractivity (Wildman–Crippen MR) is 146 cm³/mol. The standard InChI is InChI=1S/C30H35N3O4S/c1-17-7-4-9-20(15-17)31-27(34)24-23-12-13-30(37-23)25(24)29(36)33(16-21-10-6-14-38-21)26(30)28(35)32-22-11-5-8-18(2)19(22)3/h4,6-7,9-10,12-15,18-19,22-26H,5,8,11,16H2,1-3H3,(H,31,34)(H,32,35)/t18?,19?,22?,23-,24?,25-,26?,30?/m1/s1. The zero-order valence-corrected chi connectivity index (χ0v) is 22.9. The summed E-state index contributed by atoms with van der Waals surface area (Å²) in [6.45, 7) is 6.72. The lowest BCUT2D eigenvalue weighted by molar-refractivity contribution is -0.142. The molecule has 1 aliphatic carbocycles. The highest BCUT2D eigenvalue weighted by molar-refractivity contribution is 7.09. The number of carbonyl (C=O) groups is 3. The van der Waals surface area contributed by atoms with E-state index in [1.165, 1.54) is 0 Å². The summed E-state index contributed by atoms with van der Waals surface area (Å²) in [7, 11) is 0. The summed E-state index contributed by atoms with van der Waals surface area (Å²) in [4.78, 5) is 44.4. The van der Waals surface area contributed by atoms with Crippen LogP contribution in [0.15, 0.2) is 53.9 Å². The lowest BCUT2D eigenvalue weighted by Crippen LogP contribution is -2.57. The second kappa shape index (κ2) is 9.65. The van der Waals surface area contributed by atoms with E-state index in [9.17, 15) is 14.4 Å². The van der Waals surface area contributed by atoms with E-state index in [0.717, 1.165) is 29.7 Å². The van der Waals surface area contributed by atoms with Crippen LogP contribution in [0, 0.1) is 30.6 Å². The van der Waals surface area contributed by atoms with Crippen LogP contribution in [0.1, 0.15) is 43.6 Å². The molecule has 2 bridgehead atoms. The molecule has 2 aromatic rings. The summed E-state index contributed by atoms with van der Waals surface area (Å²) in [6.07, 6.45) is 6.37. The third kappa shape index (κ3) is 4.09. The molecule has 8 heteroatoms. The van der Waals surface area contributed by atoms with Crippen molar-refractivity contribution in [1.29, 1.82) is 0 Å². The summed E-state index contributed by atoms with van der Waals surface area (Å²) in [5, 5.41) is 8.27. The highest BCUT2D eigenvalue weighted by Crippen LogP contribution is 2.55.